The molecule has 8 heteroatoms. The molecule has 1 aromatic rings. The molecule has 0 bridgehead atoms. The Hall–Kier alpha value is -0.430. The van der Waals surface area contributed by atoms with Crippen LogP contribution < -0.4 is 0 Å². The van der Waals surface area contributed by atoms with Gasteiger partial charge in [-0.3, -0.25) is 4.98 Å². The van der Waals surface area contributed by atoms with Crippen LogP contribution in [-0.4, -0.2) is 4.98 Å². The number of alkyl halides is 6. The number of pyridine rings is 1. The summed E-state index contributed by atoms with van der Waals surface area (Å²) in [5, 5.41) is 0. The lowest BCUT2D eigenvalue weighted by Gasteiger charge is -2.13. The molecule has 0 amide bonds. The van der Waals surface area contributed by atoms with Crippen molar-refractivity contribution in [3.05, 3.63) is 27.5 Å². The van der Waals surface area contributed by atoms with Crippen LogP contribution in [0.3, 0.4) is 0 Å². The first kappa shape index (κ1) is 13.6. The highest BCUT2D eigenvalue weighted by Gasteiger charge is 2.36. The van der Waals surface area contributed by atoms with Gasteiger partial charge in [0.2, 0.25) is 0 Å². The lowest BCUT2D eigenvalue weighted by Crippen LogP contribution is -2.11. The lowest BCUT2D eigenvalue weighted by atomic mass is 10.1. The molecule has 1 nitrogen and oxygen atoms in total. The Morgan fingerprint density at radius 2 is 1.94 bits per heavy atom. The molecule has 0 spiro atoms. The van der Waals surface area contributed by atoms with Crippen LogP contribution in [0.5, 0.6) is 0 Å². The molecule has 1 aromatic heterocycles. The van der Waals surface area contributed by atoms with Crippen LogP contribution in [0.4, 0.5) is 22.0 Å². The fraction of sp³-hybridized carbons (Fsp3) is 0.375. The van der Waals surface area contributed by atoms with Crippen LogP contribution in [0, 0.1) is 0 Å². The maximum Gasteiger partial charge on any atom is 0.434 e. The highest BCUT2D eigenvalue weighted by Crippen LogP contribution is 2.38. The Morgan fingerprint density at radius 1 is 1.38 bits per heavy atom. The number of aromatic nitrogens is 1. The Kier molecular flexibility index (Phi) is 4.12. The summed E-state index contributed by atoms with van der Waals surface area (Å²) in [5.74, 6) is -0.453. The third kappa shape index (κ3) is 2.63. The molecule has 0 atom stereocenters. The minimum Gasteiger partial charge on any atom is -0.250 e. The molecule has 90 valence electrons. The van der Waals surface area contributed by atoms with E-state index in [1.54, 1.807) is 0 Å². The van der Waals surface area contributed by atoms with Crippen LogP contribution in [0.1, 0.15) is 23.2 Å². The van der Waals surface area contributed by atoms with Gasteiger partial charge >= 0.3 is 6.18 Å². The third-order valence-corrected chi connectivity index (χ3v) is 2.91. The van der Waals surface area contributed by atoms with Crippen LogP contribution >= 0.6 is 27.5 Å². The van der Waals surface area contributed by atoms with Crippen molar-refractivity contribution in [1.82, 2.24) is 4.98 Å². The summed E-state index contributed by atoms with van der Waals surface area (Å²) in [6.45, 7) is 0. The molecule has 0 aliphatic rings. The van der Waals surface area contributed by atoms with Gasteiger partial charge in [0.05, 0.1) is 4.47 Å². The van der Waals surface area contributed by atoms with E-state index in [9.17, 15) is 22.0 Å². The first-order chi connectivity index (χ1) is 7.29. The second-order valence-electron chi connectivity index (χ2n) is 2.79. The van der Waals surface area contributed by atoms with Gasteiger partial charge in [0, 0.05) is 17.6 Å². The fourth-order valence-corrected chi connectivity index (χ4v) is 2.21. The SMILES string of the molecule is FC(F)c1cnc(C(F)(F)F)c(Br)c1CCl. The topological polar surface area (TPSA) is 12.9 Å². The molecule has 1 heterocycles. The van der Waals surface area contributed by atoms with Crippen molar-refractivity contribution in [2.75, 3.05) is 0 Å². The van der Waals surface area contributed by atoms with Gasteiger partial charge in [-0.25, -0.2) is 8.78 Å². The fourth-order valence-electron chi connectivity index (χ4n) is 1.06. The van der Waals surface area contributed by atoms with E-state index < -0.39 is 34.2 Å². The van der Waals surface area contributed by atoms with Gasteiger partial charge in [0.1, 0.15) is 0 Å². The molecule has 0 N–H and O–H groups in total. The van der Waals surface area contributed by atoms with Crippen molar-refractivity contribution in [1.29, 1.82) is 0 Å². The van der Waals surface area contributed by atoms with Gasteiger partial charge in [0.15, 0.2) is 5.69 Å². The maximum absolute atomic E-state index is 12.4. The average molecular weight is 324 g/mol. The van der Waals surface area contributed by atoms with Crippen molar-refractivity contribution < 1.29 is 22.0 Å². The van der Waals surface area contributed by atoms with E-state index in [0.29, 0.717) is 6.20 Å². The molecule has 0 aromatic carbocycles. The molecule has 0 fully saturated rings. The maximum atomic E-state index is 12.4. The smallest absolute Gasteiger partial charge is 0.250 e. The van der Waals surface area contributed by atoms with Crippen LogP contribution in [-0.2, 0) is 12.1 Å². The van der Waals surface area contributed by atoms with E-state index >= 15 is 0 Å². The number of halogens is 7. The van der Waals surface area contributed by atoms with E-state index in [2.05, 4.69) is 20.9 Å². The summed E-state index contributed by atoms with van der Waals surface area (Å²) in [5.41, 5.74) is -2.15. The van der Waals surface area contributed by atoms with E-state index in [1.807, 2.05) is 0 Å². The predicted molar refractivity (Wildman–Crippen MR) is 51.5 cm³/mol. The highest BCUT2D eigenvalue weighted by atomic mass is 79.9. The number of nitrogens with zero attached hydrogens (tertiary/aromatic N) is 1. The van der Waals surface area contributed by atoms with Gasteiger partial charge in [-0.1, -0.05) is 0 Å². The van der Waals surface area contributed by atoms with Crippen molar-refractivity contribution in [3.8, 4) is 0 Å². The van der Waals surface area contributed by atoms with E-state index in [-0.39, 0.29) is 5.56 Å². The van der Waals surface area contributed by atoms with Crippen LogP contribution in [0.25, 0.3) is 0 Å². The van der Waals surface area contributed by atoms with Crippen LogP contribution in [0.15, 0.2) is 10.7 Å². The van der Waals surface area contributed by atoms with Gasteiger partial charge < -0.3 is 0 Å². The second-order valence-corrected chi connectivity index (χ2v) is 3.85. The zero-order valence-corrected chi connectivity index (χ0v) is 9.80. The number of hydrogen-bond acceptors (Lipinski definition) is 1. The van der Waals surface area contributed by atoms with Crippen molar-refractivity contribution in [2.45, 2.75) is 18.5 Å². The molecule has 16 heavy (non-hydrogen) atoms. The molecule has 0 saturated heterocycles. The van der Waals surface area contributed by atoms with Gasteiger partial charge in [-0.15, -0.1) is 11.6 Å². The minimum absolute atomic E-state index is 0.293. The second kappa shape index (κ2) is 4.83. The quantitative estimate of drug-likeness (QED) is 0.575. The van der Waals surface area contributed by atoms with Gasteiger partial charge in [-0.05, 0) is 21.5 Å². The normalized spacial score (nSPS) is 12.2. The first-order valence-corrected chi connectivity index (χ1v) is 5.20. The van der Waals surface area contributed by atoms with E-state index in [1.165, 1.54) is 0 Å². The molecule has 0 aliphatic heterocycles. The third-order valence-electron chi connectivity index (χ3n) is 1.79. The highest BCUT2D eigenvalue weighted by molar-refractivity contribution is 9.10. The Balaban J connectivity index is 3.41. The minimum atomic E-state index is -4.71. The Labute approximate surface area is 101 Å². The predicted octanol–water partition coefficient (Wildman–Crippen LogP) is 4.54. The van der Waals surface area contributed by atoms with Crippen molar-refractivity contribution in [2.24, 2.45) is 0 Å². The summed E-state index contributed by atoms with van der Waals surface area (Å²) >= 11 is 7.94. The molecule has 0 saturated carbocycles. The van der Waals surface area contributed by atoms with Crippen molar-refractivity contribution in [3.63, 3.8) is 0 Å². The first-order valence-electron chi connectivity index (χ1n) is 3.87. The monoisotopic (exact) mass is 323 g/mol. The molecular formula is C8H4BrClF5N. The van der Waals surface area contributed by atoms with E-state index in [0.717, 1.165) is 0 Å². The van der Waals surface area contributed by atoms with Crippen molar-refractivity contribution >= 4 is 27.5 Å². The average Bonchev–Trinajstić information content (AvgIpc) is 2.14. The zero-order chi connectivity index (χ0) is 12.5. The van der Waals surface area contributed by atoms with Gasteiger partial charge in [0.25, 0.3) is 6.43 Å². The summed E-state index contributed by atoms with van der Waals surface area (Å²) in [7, 11) is 0. The summed E-state index contributed by atoms with van der Waals surface area (Å²) in [6.07, 6.45) is -7.13. The molecule has 0 aliphatic carbocycles. The van der Waals surface area contributed by atoms with Gasteiger partial charge in [-0.2, -0.15) is 13.2 Å². The number of hydrogen-bond donors (Lipinski definition) is 0. The summed E-state index contributed by atoms with van der Waals surface area (Å²) < 4.78 is 61.4. The summed E-state index contributed by atoms with van der Waals surface area (Å²) in [4.78, 5) is 2.97. The zero-order valence-electron chi connectivity index (χ0n) is 7.45. The molecule has 1 rings (SSSR count). The Morgan fingerprint density at radius 3 is 2.31 bits per heavy atom. The van der Waals surface area contributed by atoms with E-state index in [4.69, 9.17) is 11.6 Å². The van der Waals surface area contributed by atoms with Crippen LogP contribution in [0.2, 0.25) is 0 Å². The largest absolute Gasteiger partial charge is 0.434 e. The Bertz CT molecular complexity index is 393. The summed E-state index contributed by atoms with van der Waals surface area (Å²) in [6, 6.07) is 0. The molecule has 0 radical (unpaired) electrons. The number of rotatable bonds is 2. The standard InChI is InChI=1S/C8H4BrClF5N/c9-5-3(1-10)4(7(11)12)2-16-6(5)8(13,14)15/h2,7H,1H2. The lowest BCUT2D eigenvalue weighted by molar-refractivity contribution is -0.141. The molecule has 0 unspecified atom stereocenters. The molecular weight excluding hydrogens is 320 g/mol.